The van der Waals surface area contributed by atoms with E-state index in [-0.39, 0.29) is 23.2 Å². The lowest BCUT2D eigenvalue weighted by Crippen LogP contribution is -2.12. The van der Waals surface area contributed by atoms with E-state index < -0.39 is 21.8 Å². The first-order valence-corrected chi connectivity index (χ1v) is 6.87. The molecular weight excluding hydrogens is 275 g/mol. The molecule has 1 aromatic heterocycles. The molecule has 0 spiro atoms. The predicted octanol–water partition coefficient (Wildman–Crippen LogP) is 0.903. The third kappa shape index (κ3) is 2.59. The first-order chi connectivity index (χ1) is 8.80. The Kier molecular flexibility index (Phi) is 3.29. The number of halogens is 1. The summed E-state index contributed by atoms with van der Waals surface area (Å²) in [6.07, 6.45) is 0.955. The Hall–Kier alpha value is -1.93. The number of aryl methyl sites for hydroxylation is 1. The molecule has 0 aliphatic rings. The van der Waals surface area contributed by atoms with E-state index in [4.69, 9.17) is 10.2 Å². The van der Waals surface area contributed by atoms with Gasteiger partial charge in [0.25, 0.3) is 0 Å². The lowest BCUT2D eigenvalue weighted by atomic mass is 10.2. The first-order valence-electron chi connectivity index (χ1n) is 5.32. The van der Waals surface area contributed by atoms with Crippen LogP contribution in [0.4, 0.5) is 4.39 Å². The number of nitrogens with zero attached hydrogens (tertiary/aromatic N) is 1. The van der Waals surface area contributed by atoms with Crippen molar-refractivity contribution in [3.8, 4) is 0 Å². The lowest BCUT2D eigenvalue weighted by Gasteiger charge is -2.02. The summed E-state index contributed by atoms with van der Waals surface area (Å²) in [5.74, 6) is -1.74. The molecule has 102 valence electrons. The number of aliphatic carboxylic acids is 1. The van der Waals surface area contributed by atoms with Crippen molar-refractivity contribution in [1.29, 1.82) is 0 Å². The van der Waals surface area contributed by atoms with Crippen molar-refractivity contribution in [3.05, 3.63) is 30.2 Å². The van der Waals surface area contributed by atoms with E-state index in [2.05, 4.69) is 0 Å². The van der Waals surface area contributed by atoms with E-state index in [0.717, 1.165) is 12.3 Å². The van der Waals surface area contributed by atoms with Crippen molar-refractivity contribution in [1.82, 2.24) is 4.57 Å². The Balaban J connectivity index is 2.67. The number of hydrogen-bond acceptors (Lipinski definition) is 3. The number of primary sulfonamides is 1. The van der Waals surface area contributed by atoms with Gasteiger partial charge in [-0.15, -0.1) is 0 Å². The van der Waals surface area contributed by atoms with Gasteiger partial charge in [-0.3, -0.25) is 4.79 Å². The molecular formula is C11H11FN2O4S. The number of sulfonamides is 1. The van der Waals surface area contributed by atoms with Crippen molar-refractivity contribution in [3.63, 3.8) is 0 Å². The second kappa shape index (κ2) is 4.63. The second-order valence-corrected chi connectivity index (χ2v) is 5.54. The number of carbonyl (C=O) groups is 1. The molecule has 3 N–H and O–H groups in total. The smallest absolute Gasteiger partial charge is 0.305 e. The van der Waals surface area contributed by atoms with Crippen molar-refractivity contribution in [2.45, 2.75) is 17.9 Å². The molecule has 6 nitrogen and oxygen atoms in total. The Morgan fingerprint density at radius 2 is 2.11 bits per heavy atom. The highest BCUT2D eigenvalue weighted by Gasteiger charge is 2.20. The van der Waals surface area contributed by atoms with Crippen molar-refractivity contribution < 1.29 is 22.7 Å². The van der Waals surface area contributed by atoms with Crippen molar-refractivity contribution >= 4 is 26.9 Å². The van der Waals surface area contributed by atoms with Gasteiger partial charge in [0, 0.05) is 12.7 Å². The lowest BCUT2D eigenvalue weighted by molar-refractivity contribution is -0.137. The van der Waals surface area contributed by atoms with E-state index in [1.165, 1.54) is 16.7 Å². The van der Waals surface area contributed by atoms with Crippen LogP contribution in [0.2, 0.25) is 0 Å². The third-order valence-corrected chi connectivity index (χ3v) is 3.62. The fourth-order valence-corrected chi connectivity index (χ4v) is 2.65. The molecule has 0 saturated heterocycles. The Morgan fingerprint density at radius 3 is 2.68 bits per heavy atom. The van der Waals surface area contributed by atoms with Crippen molar-refractivity contribution in [2.75, 3.05) is 0 Å². The van der Waals surface area contributed by atoms with Gasteiger partial charge in [0.15, 0.2) is 0 Å². The molecule has 1 heterocycles. The van der Waals surface area contributed by atoms with Crippen LogP contribution in [-0.2, 0) is 21.4 Å². The van der Waals surface area contributed by atoms with Crippen molar-refractivity contribution in [2.24, 2.45) is 5.14 Å². The normalized spacial score (nSPS) is 11.9. The summed E-state index contributed by atoms with van der Waals surface area (Å²) in [7, 11) is -4.08. The molecule has 0 aliphatic heterocycles. The van der Waals surface area contributed by atoms with Crippen LogP contribution in [0.5, 0.6) is 0 Å². The molecule has 0 fully saturated rings. The number of rotatable bonds is 4. The molecule has 0 aliphatic carbocycles. The Morgan fingerprint density at radius 1 is 1.42 bits per heavy atom. The Bertz CT molecular complexity index is 751. The number of carboxylic acid groups (broad SMARTS) is 1. The molecule has 0 bridgehead atoms. The molecule has 0 radical (unpaired) electrons. The zero-order valence-electron chi connectivity index (χ0n) is 9.71. The molecule has 0 unspecified atom stereocenters. The minimum Gasteiger partial charge on any atom is -0.481 e. The summed E-state index contributed by atoms with van der Waals surface area (Å²) >= 11 is 0. The fourth-order valence-electron chi connectivity index (χ4n) is 1.89. The maximum Gasteiger partial charge on any atom is 0.305 e. The van der Waals surface area contributed by atoms with Gasteiger partial charge in [-0.25, -0.2) is 17.9 Å². The van der Waals surface area contributed by atoms with Gasteiger partial charge >= 0.3 is 5.97 Å². The number of fused-ring (bicyclic) bond motifs is 1. The maximum atomic E-state index is 13.7. The molecule has 0 amide bonds. The largest absolute Gasteiger partial charge is 0.481 e. The first kappa shape index (κ1) is 13.5. The number of nitrogens with two attached hydrogens (primary N) is 1. The van der Waals surface area contributed by atoms with Crippen LogP contribution in [0.3, 0.4) is 0 Å². The van der Waals surface area contributed by atoms with E-state index >= 15 is 0 Å². The van der Waals surface area contributed by atoms with Gasteiger partial charge in [0.1, 0.15) is 10.7 Å². The Labute approximate surface area is 108 Å². The topological polar surface area (TPSA) is 102 Å². The summed E-state index contributed by atoms with van der Waals surface area (Å²) in [4.78, 5) is 10.2. The van der Waals surface area contributed by atoms with Gasteiger partial charge in [-0.05, 0) is 12.1 Å². The number of hydrogen-bond donors (Lipinski definition) is 2. The molecule has 8 heteroatoms. The van der Waals surface area contributed by atoms with Crippen LogP contribution in [0.1, 0.15) is 6.42 Å². The highest BCUT2D eigenvalue weighted by atomic mass is 32.2. The summed E-state index contributed by atoms with van der Waals surface area (Å²) in [5, 5.41) is 13.6. The molecule has 0 atom stereocenters. The number of carboxylic acids is 1. The summed E-state index contributed by atoms with van der Waals surface area (Å²) < 4.78 is 38.0. The highest BCUT2D eigenvalue weighted by molar-refractivity contribution is 7.89. The van der Waals surface area contributed by atoms with E-state index in [1.807, 2.05) is 0 Å². The van der Waals surface area contributed by atoms with Crippen LogP contribution >= 0.6 is 0 Å². The fraction of sp³-hybridized carbons (Fsp3) is 0.182. The number of benzene rings is 1. The van der Waals surface area contributed by atoms with Gasteiger partial charge in [0.05, 0.1) is 17.3 Å². The zero-order valence-corrected chi connectivity index (χ0v) is 10.5. The van der Waals surface area contributed by atoms with Gasteiger partial charge in [0.2, 0.25) is 10.0 Å². The van der Waals surface area contributed by atoms with Gasteiger partial charge < -0.3 is 9.67 Å². The monoisotopic (exact) mass is 286 g/mol. The summed E-state index contributed by atoms with van der Waals surface area (Å²) in [6.45, 7) is 0.0325. The van der Waals surface area contributed by atoms with Gasteiger partial charge in [-0.2, -0.15) is 0 Å². The molecule has 2 rings (SSSR count). The summed E-state index contributed by atoms with van der Waals surface area (Å²) in [5.41, 5.74) is 0.297. The molecule has 2 aromatic rings. The zero-order chi connectivity index (χ0) is 14.2. The summed E-state index contributed by atoms with van der Waals surface area (Å²) in [6, 6.07) is 4.05. The predicted molar refractivity (Wildman–Crippen MR) is 65.5 cm³/mol. The quantitative estimate of drug-likeness (QED) is 0.871. The molecule has 0 saturated carbocycles. The maximum absolute atomic E-state index is 13.7. The van der Waals surface area contributed by atoms with Crippen LogP contribution in [0, 0.1) is 5.82 Å². The highest BCUT2D eigenvalue weighted by Crippen LogP contribution is 2.27. The van der Waals surface area contributed by atoms with Gasteiger partial charge in [-0.1, -0.05) is 6.07 Å². The van der Waals surface area contributed by atoms with Crippen LogP contribution in [0.15, 0.2) is 29.3 Å². The van der Waals surface area contributed by atoms with E-state index in [9.17, 15) is 17.6 Å². The van der Waals surface area contributed by atoms with Crippen LogP contribution in [0.25, 0.3) is 10.9 Å². The molecule has 1 aromatic carbocycles. The van der Waals surface area contributed by atoms with E-state index in [1.54, 1.807) is 0 Å². The average molecular weight is 286 g/mol. The van der Waals surface area contributed by atoms with Crippen LogP contribution in [-0.4, -0.2) is 24.1 Å². The average Bonchev–Trinajstić information content (AvgIpc) is 2.66. The molecule has 19 heavy (non-hydrogen) atoms. The third-order valence-electron chi connectivity index (χ3n) is 2.69. The van der Waals surface area contributed by atoms with Crippen LogP contribution < -0.4 is 5.14 Å². The SMILES string of the molecule is NS(=O)(=O)c1cn(CCC(=O)O)c2cccc(F)c12. The minimum atomic E-state index is -4.08. The number of aromatic nitrogens is 1. The second-order valence-electron chi connectivity index (χ2n) is 4.01. The minimum absolute atomic E-state index is 0.0325. The standard InChI is InChI=1S/C11H11FN2O4S/c12-7-2-1-3-8-11(7)9(19(13,17)18)6-14(8)5-4-10(15)16/h1-3,6H,4-5H2,(H,15,16)(H2,13,17,18). The van der Waals surface area contributed by atoms with E-state index in [0.29, 0.717) is 5.52 Å².